The van der Waals surface area contributed by atoms with Crippen LogP contribution in [0.4, 0.5) is 0 Å². The molecule has 9 heteroatoms. The highest BCUT2D eigenvalue weighted by atomic mass is 16.7. The van der Waals surface area contributed by atoms with E-state index in [2.05, 4.69) is 55.6 Å². The lowest BCUT2D eigenvalue weighted by molar-refractivity contribution is -0.302. The second-order valence-corrected chi connectivity index (χ2v) is 23.6. The SMILES string of the molecule is CCCCCCC/C=C\C/C=C\C/C=C\CCCCCCCCCCC(=O)NC(COC1OC(CO)C(O)C(O)C1O)C(O)/C=C/CCCCCCCCCCCCCCCCCCCCCCCCCCCCCCCC. The molecule has 78 heavy (non-hydrogen) atoms. The standard InChI is InChI=1S/C69H129NO8/c1-3-5-7-9-11-13-15-17-19-21-23-25-27-28-29-30-31-32-33-34-35-37-38-40-42-44-46-48-50-52-54-56-58-63(72)62(61-77-69-68(76)67(75)66(74)64(60-71)78-69)70-65(73)59-57-55-53-51-49-47-45-43-41-39-36-26-24-22-20-18-16-14-12-10-8-6-4-2/h16,18,22,24,36,39,56,58,62-64,66-69,71-72,74-76H,3-15,17,19-21,23,25-35,37-38,40-55,57,59-61H2,1-2H3,(H,70,73)/b18-16-,24-22-,39-36-,58-56+. The molecule has 458 valence electrons. The van der Waals surface area contributed by atoms with Gasteiger partial charge in [-0.15, -0.1) is 0 Å². The number of aliphatic hydroxyl groups is 5. The summed E-state index contributed by atoms with van der Waals surface area (Å²) < 4.78 is 11.3. The van der Waals surface area contributed by atoms with Gasteiger partial charge in [0.2, 0.25) is 5.91 Å². The Labute approximate surface area is 482 Å². The van der Waals surface area contributed by atoms with Crippen molar-refractivity contribution in [3.05, 3.63) is 48.6 Å². The number of hydrogen-bond donors (Lipinski definition) is 6. The number of carbonyl (C=O) groups is 1. The van der Waals surface area contributed by atoms with E-state index in [-0.39, 0.29) is 12.5 Å². The van der Waals surface area contributed by atoms with Crippen LogP contribution in [0.2, 0.25) is 0 Å². The van der Waals surface area contributed by atoms with Crippen LogP contribution >= 0.6 is 0 Å². The van der Waals surface area contributed by atoms with Crippen molar-refractivity contribution >= 4 is 5.91 Å². The molecular formula is C69H129NO8. The fourth-order valence-electron chi connectivity index (χ4n) is 10.8. The van der Waals surface area contributed by atoms with Crippen LogP contribution < -0.4 is 5.32 Å². The van der Waals surface area contributed by atoms with Crippen molar-refractivity contribution in [2.24, 2.45) is 0 Å². The molecule has 7 unspecified atom stereocenters. The summed E-state index contributed by atoms with van der Waals surface area (Å²) in [6, 6.07) is -0.812. The third-order valence-corrected chi connectivity index (χ3v) is 16.1. The van der Waals surface area contributed by atoms with Gasteiger partial charge in [0.15, 0.2) is 6.29 Å². The normalized spacial score (nSPS) is 18.9. The van der Waals surface area contributed by atoms with Gasteiger partial charge in [-0.25, -0.2) is 0 Å². The molecule has 0 bridgehead atoms. The van der Waals surface area contributed by atoms with Crippen LogP contribution in [0.1, 0.15) is 328 Å². The molecule has 7 atom stereocenters. The van der Waals surface area contributed by atoms with E-state index >= 15 is 0 Å². The van der Waals surface area contributed by atoms with Crippen molar-refractivity contribution in [3.63, 3.8) is 0 Å². The largest absolute Gasteiger partial charge is 0.394 e. The highest BCUT2D eigenvalue weighted by Crippen LogP contribution is 2.23. The third-order valence-electron chi connectivity index (χ3n) is 16.1. The highest BCUT2D eigenvalue weighted by molar-refractivity contribution is 5.76. The lowest BCUT2D eigenvalue weighted by Gasteiger charge is -2.40. The van der Waals surface area contributed by atoms with E-state index < -0.39 is 49.5 Å². The van der Waals surface area contributed by atoms with Crippen LogP contribution in [-0.4, -0.2) is 87.5 Å². The first kappa shape index (κ1) is 74.2. The van der Waals surface area contributed by atoms with Gasteiger partial charge in [0, 0.05) is 6.42 Å². The molecule has 1 aliphatic rings. The Bertz CT molecular complexity index is 1370. The van der Waals surface area contributed by atoms with Crippen molar-refractivity contribution in [1.82, 2.24) is 5.32 Å². The fraction of sp³-hybridized carbons (Fsp3) is 0.870. The Morgan fingerprint density at radius 3 is 1.12 bits per heavy atom. The Balaban J connectivity index is 2.15. The minimum Gasteiger partial charge on any atom is -0.394 e. The van der Waals surface area contributed by atoms with Crippen LogP contribution in [0, 0.1) is 0 Å². The first-order valence-corrected chi connectivity index (χ1v) is 33.9. The summed E-state index contributed by atoms with van der Waals surface area (Å²) in [4.78, 5) is 13.1. The molecule has 0 aliphatic carbocycles. The lowest BCUT2D eigenvalue weighted by atomic mass is 9.99. The Morgan fingerprint density at radius 2 is 0.756 bits per heavy atom. The average Bonchev–Trinajstić information content (AvgIpc) is 3.45. The quantitative estimate of drug-likeness (QED) is 0.0261. The number of unbranched alkanes of at least 4 members (excludes halogenated alkanes) is 43. The number of hydrogen-bond acceptors (Lipinski definition) is 8. The summed E-state index contributed by atoms with van der Waals surface area (Å²) in [5.74, 6) is -0.181. The van der Waals surface area contributed by atoms with E-state index in [1.807, 2.05) is 6.08 Å². The van der Waals surface area contributed by atoms with Crippen molar-refractivity contribution in [2.45, 2.75) is 371 Å². The number of amides is 1. The lowest BCUT2D eigenvalue weighted by Crippen LogP contribution is -2.60. The molecule has 1 amide bonds. The maximum Gasteiger partial charge on any atom is 0.220 e. The maximum absolute atomic E-state index is 13.1. The van der Waals surface area contributed by atoms with Crippen molar-refractivity contribution < 1.29 is 39.8 Å². The second kappa shape index (κ2) is 58.4. The van der Waals surface area contributed by atoms with Gasteiger partial charge in [0.1, 0.15) is 24.4 Å². The second-order valence-electron chi connectivity index (χ2n) is 23.6. The summed E-state index contributed by atoms with van der Waals surface area (Å²) in [5.41, 5.74) is 0. The van der Waals surface area contributed by atoms with Gasteiger partial charge in [-0.05, 0) is 57.8 Å². The summed E-state index contributed by atoms with van der Waals surface area (Å²) >= 11 is 0. The van der Waals surface area contributed by atoms with Gasteiger partial charge < -0.3 is 40.3 Å². The molecule has 1 heterocycles. The Hall–Kier alpha value is -1.85. The van der Waals surface area contributed by atoms with Gasteiger partial charge >= 0.3 is 0 Å². The Kier molecular flexibility index (Phi) is 55.5. The number of carbonyl (C=O) groups excluding carboxylic acids is 1. The molecule has 0 spiro atoms. The summed E-state index contributed by atoms with van der Waals surface area (Å²) in [7, 11) is 0. The molecule has 0 saturated carbocycles. The minimum atomic E-state index is -1.57. The number of nitrogens with one attached hydrogen (secondary N) is 1. The van der Waals surface area contributed by atoms with E-state index in [1.54, 1.807) is 6.08 Å². The van der Waals surface area contributed by atoms with Crippen molar-refractivity contribution in [1.29, 1.82) is 0 Å². The fourth-order valence-corrected chi connectivity index (χ4v) is 10.8. The number of aliphatic hydroxyl groups excluding tert-OH is 5. The predicted molar refractivity (Wildman–Crippen MR) is 332 cm³/mol. The summed E-state index contributed by atoms with van der Waals surface area (Å²) in [6.45, 7) is 3.80. The first-order valence-electron chi connectivity index (χ1n) is 33.9. The average molecular weight is 1100 g/mol. The van der Waals surface area contributed by atoms with Crippen LogP contribution in [0.3, 0.4) is 0 Å². The zero-order valence-corrected chi connectivity index (χ0v) is 51.2. The molecule has 6 N–H and O–H groups in total. The van der Waals surface area contributed by atoms with Crippen LogP contribution in [0.15, 0.2) is 48.6 Å². The topological polar surface area (TPSA) is 149 Å². The molecule has 0 aromatic rings. The van der Waals surface area contributed by atoms with Crippen LogP contribution in [0.5, 0.6) is 0 Å². The first-order chi connectivity index (χ1) is 38.3. The molecule has 1 fully saturated rings. The summed E-state index contributed by atoms with van der Waals surface area (Å²) in [5, 5.41) is 54.7. The van der Waals surface area contributed by atoms with Gasteiger partial charge in [-0.1, -0.05) is 313 Å². The molecule has 9 nitrogen and oxygen atoms in total. The number of rotatable bonds is 59. The zero-order chi connectivity index (χ0) is 56.5. The monoisotopic (exact) mass is 1100 g/mol. The maximum atomic E-state index is 13.1. The van der Waals surface area contributed by atoms with E-state index in [4.69, 9.17) is 9.47 Å². The van der Waals surface area contributed by atoms with E-state index in [0.29, 0.717) is 6.42 Å². The van der Waals surface area contributed by atoms with E-state index in [9.17, 15) is 30.3 Å². The van der Waals surface area contributed by atoms with Gasteiger partial charge in [0.05, 0.1) is 25.4 Å². The number of ether oxygens (including phenoxy) is 2. The Morgan fingerprint density at radius 1 is 0.436 bits per heavy atom. The number of allylic oxidation sites excluding steroid dienone is 7. The molecule has 0 aromatic heterocycles. The predicted octanol–water partition coefficient (Wildman–Crippen LogP) is 18.0. The molecule has 1 aliphatic heterocycles. The minimum absolute atomic E-state index is 0.181. The molecule has 1 saturated heterocycles. The van der Waals surface area contributed by atoms with Gasteiger partial charge in [-0.3, -0.25) is 4.79 Å². The molecule has 1 rings (SSSR count). The van der Waals surface area contributed by atoms with Crippen molar-refractivity contribution in [3.8, 4) is 0 Å². The van der Waals surface area contributed by atoms with Gasteiger partial charge in [-0.2, -0.15) is 0 Å². The highest BCUT2D eigenvalue weighted by Gasteiger charge is 2.44. The molecule has 0 radical (unpaired) electrons. The summed E-state index contributed by atoms with van der Waals surface area (Å²) in [6.07, 6.45) is 72.1. The smallest absolute Gasteiger partial charge is 0.220 e. The van der Waals surface area contributed by atoms with E-state index in [0.717, 1.165) is 64.2 Å². The molecular weight excluding hydrogens is 971 g/mol. The zero-order valence-electron chi connectivity index (χ0n) is 51.2. The van der Waals surface area contributed by atoms with Crippen LogP contribution in [0.25, 0.3) is 0 Å². The molecule has 0 aromatic carbocycles. The van der Waals surface area contributed by atoms with E-state index in [1.165, 1.54) is 244 Å². The van der Waals surface area contributed by atoms with Crippen LogP contribution in [-0.2, 0) is 14.3 Å². The third kappa shape index (κ3) is 46.7. The van der Waals surface area contributed by atoms with Gasteiger partial charge in [0.25, 0.3) is 0 Å². The van der Waals surface area contributed by atoms with Crippen molar-refractivity contribution in [2.75, 3.05) is 13.2 Å².